The van der Waals surface area contributed by atoms with Gasteiger partial charge in [0.1, 0.15) is 22.5 Å². The number of hydrogen-bond donors (Lipinski definition) is 4. The summed E-state index contributed by atoms with van der Waals surface area (Å²) in [5.74, 6) is -2.94. The number of hydrogen-bond acceptors (Lipinski definition) is 8. The van der Waals surface area contributed by atoms with Gasteiger partial charge in [0.15, 0.2) is 5.69 Å². The fourth-order valence-electron chi connectivity index (χ4n) is 3.94. The van der Waals surface area contributed by atoms with Gasteiger partial charge in [-0.3, -0.25) is 19.3 Å². The van der Waals surface area contributed by atoms with Crippen molar-refractivity contribution in [3.05, 3.63) is 70.5 Å². The molecule has 1 saturated heterocycles. The number of benzene rings is 2. The summed E-state index contributed by atoms with van der Waals surface area (Å²) in [6, 6.07) is 9.58. The predicted molar refractivity (Wildman–Crippen MR) is 131 cm³/mol. The molecular weight excluding hydrogens is 489 g/mol. The third kappa shape index (κ3) is 5.29. The van der Waals surface area contributed by atoms with Crippen molar-refractivity contribution in [1.82, 2.24) is 9.69 Å². The van der Waals surface area contributed by atoms with Gasteiger partial charge in [-0.1, -0.05) is 18.2 Å². The minimum Gasteiger partial charge on any atom is -0.508 e. The highest BCUT2D eigenvalue weighted by molar-refractivity contribution is 7.09. The molecule has 10 nitrogen and oxygen atoms in total. The van der Waals surface area contributed by atoms with Gasteiger partial charge in [0, 0.05) is 18.8 Å². The molecule has 1 aliphatic heterocycles. The molecule has 2 atom stereocenters. The third-order valence-electron chi connectivity index (χ3n) is 5.70. The second-order valence-electron chi connectivity index (χ2n) is 8.17. The molecule has 0 unspecified atom stereocenters. The number of nitrogens with two attached hydrogens (primary N) is 2. The van der Waals surface area contributed by atoms with E-state index in [1.807, 2.05) is 0 Å². The summed E-state index contributed by atoms with van der Waals surface area (Å²) in [5.41, 5.74) is 11.2. The van der Waals surface area contributed by atoms with Crippen LogP contribution in [0.25, 0.3) is 0 Å². The summed E-state index contributed by atoms with van der Waals surface area (Å²) in [6.07, 6.45) is 1.50. The molecule has 2 heterocycles. The number of ether oxygens (including phenoxy) is 1. The van der Waals surface area contributed by atoms with E-state index in [1.165, 1.54) is 42.5 Å². The van der Waals surface area contributed by atoms with Crippen LogP contribution in [-0.2, 0) is 9.53 Å². The second-order valence-corrected chi connectivity index (χ2v) is 8.94. The van der Waals surface area contributed by atoms with Crippen molar-refractivity contribution in [3.63, 3.8) is 0 Å². The largest absolute Gasteiger partial charge is 0.508 e. The highest BCUT2D eigenvalue weighted by Crippen LogP contribution is 2.34. The summed E-state index contributed by atoms with van der Waals surface area (Å²) >= 11 is 0.648. The van der Waals surface area contributed by atoms with Crippen LogP contribution in [0.5, 0.6) is 5.75 Å². The molecule has 0 bridgehead atoms. The van der Waals surface area contributed by atoms with E-state index in [-0.39, 0.29) is 40.3 Å². The molecule has 6 N–H and O–H groups in total. The number of aromatic nitrogens is 1. The number of carbonyl (C=O) groups excluding carboxylic acids is 3. The van der Waals surface area contributed by atoms with Gasteiger partial charge in [-0.05, 0) is 60.3 Å². The van der Waals surface area contributed by atoms with Crippen LogP contribution in [0.1, 0.15) is 44.6 Å². The monoisotopic (exact) mass is 513 g/mol. The molecule has 2 aromatic carbocycles. The fraction of sp³-hybridized carbons (Fsp3) is 0.250. The van der Waals surface area contributed by atoms with Crippen LogP contribution in [-0.4, -0.2) is 46.5 Å². The van der Waals surface area contributed by atoms with E-state index < -0.39 is 29.6 Å². The van der Waals surface area contributed by atoms with Crippen molar-refractivity contribution in [2.75, 3.05) is 23.8 Å². The van der Waals surface area contributed by atoms with Crippen LogP contribution in [0, 0.1) is 5.82 Å². The van der Waals surface area contributed by atoms with Crippen molar-refractivity contribution >= 4 is 40.6 Å². The number of nitrogen functional groups attached to an aromatic ring is 1. The Morgan fingerprint density at radius 3 is 2.61 bits per heavy atom. The Kier molecular flexibility index (Phi) is 7.46. The third-order valence-corrected chi connectivity index (χ3v) is 6.56. The molecule has 1 aromatic heterocycles. The Labute approximate surface area is 209 Å². The van der Waals surface area contributed by atoms with E-state index in [4.69, 9.17) is 16.2 Å². The average Bonchev–Trinajstić information content (AvgIpc) is 3.51. The van der Waals surface area contributed by atoms with Gasteiger partial charge in [0.25, 0.3) is 11.8 Å². The van der Waals surface area contributed by atoms with Crippen LogP contribution in [0.4, 0.5) is 15.8 Å². The number of nitrogens with one attached hydrogen (secondary N) is 1. The van der Waals surface area contributed by atoms with E-state index in [0.29, 0.717) is 23.7 Å². The number of phenolic OH excluding ortho intramolecular Hbond substituents is 1. The highest BCUT2D eigenvalue weighted by atomic mass is 32.1. The number of nitrogens with zero attached hydrogens (tertiary/aromatic N) is 2. The number of phenols is 1. The molecule has 12 heteroatoms. The number of rotatable bonds is 8. The van der Waals surface area contributed by atoms with E-state index in [0.717, 1.165) is 23.8 Å². The van der Waals surface area contributed by atoms with Crippen molar-refractivity contribution in [2.45, 2.75) is 25.0 Å². The maximum absolute atomic E-state index is 14.3. The number of aromatic hydroxyl groups is 1. The van der Waals surface area contributed by atoms with E-state index in [1.54, 1.807) is 0 Å². The Balaban J connectivity index is 1.80. The molecule has 4 rings (SSSR count). The van der Waals surface area contributed by atoms with Gasteiger partial charge in [-0.25, -0.2) is 4.39 Å². The maximum Gasteiger partial charge on any atom is 0.273 e. The molecule has 188 valence electrons. The highest BCUT2D eigenvalue weighted by Gasteiger charge is 2.36. The Morgan fingerprint density at radius 2 is 2.00 bits per heavy atom. The quantitative estimate of drug-likeness (QED) is 0.359. The van der Waals surface area contributed by atoms with Gasteiger partial charge in [-0.15, -0.1) is 0 Å². The van der Waals surface area contributed by atoms with Gasteiger partial charge in [-0.2, -0.15) is 4.37 Å². The summed E-state index contributed by atoms with van der Waals surface area (Å²) in [7, 11) is 0. The molecule has 0 radical (unpaired) electrons. The lowest BCUT2D eigenvalue weighted by atomic mass is 10.0. The first kappa shape index (κ1) is 25.1. The molecule has 0 spiro atoms. The number of primary amides is 1. The Bertz CT molecular complexity index is 1280. The lowest BCUT2D eigenvalue weighted by molar-refractivity contribution is -0.123. The van der Waals surface area contributed by atoms with Crippen LogP contribution in [0.15, 0.2) is 48.5 Å². The number of anilines is 2. The SMILES string of the molecule is NC(=O)c1nsc(C(=O)N(c2cccc(F)c2)[C@H](C(=O)NC[C@@H]2CCCO2)c2ccc(O)cc2)c1N. The normalized spacial score (nSPS) is 15.9. The lowest BCUT2D eigenvalue weighted by Gasteiger charge is -2.31. The van der Waals surface area contributed by atoms with Crippen molar-refractivity contribution < 1.29 is 28.6 Å². The molecule has 3 amide bonds. The minimum absolute atomic E-state index is 0.0429. The van der Waals surface area contributed by atoms with Crippen LogP contribution >= 0.6 is 11.5 Å². The molecule has 1 fully saturated rings. The summed E-state index contributed by atoms with van der Waals surface area (Å²) in [6.45, 7) is 0.815. The fourth-order valence-corrected chi connectivity index (χ4v) is 4.68. The van der Waals surface area contributed by atoms with Gasteiger partial charge in [0.05, 0.1) is 11.8 Å². The molecule has 0 saturated carbocycles. The molecule has 1 aliphatic rings. The first-order valence-corrected chi connectivity index (χ1v) is 11.9. The zero-order valence-corrected chi connectivity index (χ0v) is 19.8. The number of amides is 3. The second kappa shape index (κ2) is 10.7. The van der Waals surface area contributed by atoms with E-state index in [2.05, 4.69) is 9.69 Å². The zero-order valence-electron chi connectivity index (χ0n) is 19.0. The minimum atomic E-state index is -1.29. The van der Waals surface area contributed by atoms with Crippen molar-refractivity contribution in [3.8, 4) is 5.75 Å². The smallest absolute Gasteiger partial charge is 0.273 e. The van der Waals surface area contributed by atoms with Crippen LogP contribution < -0.4 is 21.7 Å². The summed E-state index contributed by atoms with van der Waals surface area (Å²) in [4.78, 5) is 40.0. The van der Waals surface area contributed by atoms with Gasteiger partial charge < -0.3 is 26.6 Å². The van der Waals surface area contributed by atoms with Gasteiger partial charge >= 0.3 is 0 Å². The zero-order chi connectivity index (χ0) is 25.8. The van der Waals surface area contributed by atoms with E-state index in [9.17, 15) is 23.9 Å². The molecular formula is C24H24FN5O5S. The van der Waals surface area contributed by atoms with Crippen LogP contribution in [0.2, 0.25) is 0 Å². The Hall–Kier alpha value is -4.03. The topological polar surface area (TPSA) is 161 Å². The lowest BCUT2D eigenvalue weighted by Crippen LogP contribution is -2.45. The standard InChI is InChI=1S/C24H24FN5O5S/c25-14-3-1-4-15(11-14)30(24(34)21-18(26)19(22(27)32)29-36-21)20(13-6-8-16(31)9-7-13)23(33)28-12-17-5-2-10-35-17/h1,3-4,6-9,11,17,20,31H,2,5,10,12,26H2,(H2,27,32)(H,28,33)/t17-,20-/m0/s1. The predicted octanol–water partition coefficient (Wildman–Crippen LogP) is 2.35. The molecule has 0 aliphatic carbocycles. The van der Waals surface area contributed by atoms with Gasteiger partial charge in [0.2, 0.25) is 5.91 Å². The van der Waals surface area contributed by atoms with Crippen molar-refractivity contribution in [2.24, 2.45) is 5.73 Å². The molecule has 3 aromatic rings. The Morgan fingerprint density at radius 1 is 1.25 bits per heavy atom. The summed E-state index contributed by atoms with van der Waals surface area (Å²) < 4.78 is 23.7. The summed E-state index contributed by atoms with van der Waals surface area (Å²) in [5, 5.41) is 12.6. The average molecular weight is 514 g/mol. The van der Waals surface area contributed by atoms with Crippen LogP contribution in [0.3, 0.4) is 0 Å². The number of halogens is 1. The number of carbonyl (C=O) groups is 3. The van der Waals surface area contributed by atoms with Crippen molar-refractivity contribution in [1.29, 1.82) is 0 Å². The molecule has 36 heavy (non-hydrogen) atoms. The first-order valence-electron chi connectivity index (χ1n) is 11.1. The van der Waals surface area contributed by atoms with E-state index >= 15 is 0 Å². The maximum atomic E-state index is 14.3. The first-order chi connectivity index (χ1) is 17.3.